The van der Waals surface area contributed by atoms with E-state index in [-0.39, 0.29) is 23.8 Å². The summed E-state index contributed by atoms with van der Waals surface area (Å²) in [6.45, 7) is 1.84. The third kappa shape index (κ3) is 4.64. The second kappa shape index (κ2) is 9.03. The number of nitrogens with one attached hydrogen (secondary N) is 4. The van der Waals surface area contributed by atoms with E-state index in [1.54, 1.807) is 49.6 Å². The second-order valence-electron chi connectivity index (χ2n) is 7.51. The first-order chi connectivity index (χ1) is 15.9. The number of methoxy groups -OCH3 is 2. The van der Waals surface area contributed by atoms with Crippen molar-refractivity contribution in [2.75, 3.05) is 30.2 Å². The maximum atomic E-state index is 13.1. The molecule has 0 bridgehead atoms. The maximum absolute atomic E-state index is 13.1. The van der Waals surface area contributed by atoms with Crippen molar-refractivity contribution in [3.05, 3.63) is 63.9 Å². The van der Waals surface area contributed by atoms with Crippen LogP contribution in [0.1, 0.15) is 23.5 Å². The summed E-state index contributed by atoms with van der Waals surface area (Å²) in [6, 6.07) is 12.3. The molecular weight excluding hydrogens is 426 g/mol. The first-order valence-electron chi connectivity index (χ1n) is 10.2. The van der Waals surface area contributed by atoms with Gasteiger partial charge in [0.1, 0.15) is 17.3 Å². The number of benzene rings is 2. The van der Waals surface area contributed by atoms with Gasteiger partial charge in [0, 0.05) is 23.9 Å². The first kappa shape index (κ1) is 21.9. The summed E-state index contributed by atoms with van der Waals surface area (Å²) in [7, 11) is 3.09. The van der Waals surface area contributed by atoms with Crippen LogP contribution in [0.3, 0.4) is 0 Å². The van der Waals surface area contributed by atoms with E-state index in [1.807, 2.05) is 6.92 Å². The standard InChI is InChI=1S/C23H23N5O5/c1-12-4-7-15(33-3)10-17(12)25-21(30)16-11-18(29)26-20-19(16)22(31)28-23(27-20)24-13-5-8-14(32-2)9-6-13/h4-10,16H,11H2,1-3H3,(H,25,30)(H3,24,26,27,28,29,31)/t16-/m1/s1. The number of aromatic nitrogens is 2. The molecule has 2 aromatic carbocycles. The fourth-order valence-corrected chi connectivity index (χ4v) is 3.55. The van der Waals surface area contributed by atoms with E-state index in [1.165, 1.54) is 7.11 Å². The largest absolute Gasteiger partial charge is 0.497 e. The van der Waals surface area contributed by atoms with Crippen molar-refractivity contribution in [3.63, 3.8) is 0 Å². The molecular formula is C23H23N5O5. The first-order valence-corrected chi connectivity index (χ1v) is 10.2. The lowest BCUT2D eigenvalue weighted by Crippen LogP contribution is -2.36. The molecule has 0 fully saturated rings. The van der Waals surface area contributed by atoms with Crippen LogP contribution in [-0.4, -0.2) is 36.0 Å². The molecule has 10 nitrogen and oxygen atoms in total. The number of fused-ring (bicyclic) bond motifs is 1. The number of H-pyrrole nitrogens is 1. The Kier molecular flexibility index (Phi) is 5.99. The summed E-state index contributed by atoms with van der Waals surface area (Å²) in [6.07, 6.45) is -0.169. The van der Waals surface area contributed by atoms with Gasteiger partial charge in [-0.3, -0.25) is 19.4 Å². The number of hydrogen-bond acceptors (Lipinski definition) is 7. The molecule has 0 saturated heterocycles. The summed E-state index contributed by atoms with van der Waals surface area (Å²) < 4.78 is 10.3. The number of aromatic amines is 1. The van der Waals surface area contributed by atoms with Crippen LogP contribution in [0.5, 0.6) is 11.5 Å². The quantitative estimate of drug-likeness (QED) is 0.454. The number of rotatable bonds is 6. The predicted molar refractivity (Wildman–Crippen MR) is 123 cm³/mol. The van der Waals surface area contributed by atoms with Gasteiger partial charge >= 0.3 is 0 Å². The molecule has 10 heteroatoms. The van der Waals surface area contributed by atoms with Gasteiger partial charge in [-0.25, -0.2) is 0 Å². The Morgan fingerprint density at radius 3 is 2.45 bits per heavy atom. The molecule has 0 spiro atoms. The van der Waals surface area contributed by atoms with Gasteiger partial charge in [0.15, 0.2) is 0 Å². The maximum Gasteiger partial charge on any atom is 0.258 e. The summed E-state index contributed by atoms with van der Waals surface area (Å²) >= 11 is 0. The minimum atomic E-state index is -0.995. The molecule has 2 heterocycles. The molecule has 0 unspecified atom stereocenters. The van der Waals surface area contributed by atoms with E-state index in [9.17, 15) is 14.4 Å². The highest BCUT2D eigenvalue weighted by Gasteiger charge is 2.35. The van der Waals surface area contributed by atoms with Gasteiger partial charge in [0.25, 0.3) is 5.56 Å². The lowest BCUT2D eigenvalue weighted by atomic mass is 9.92. The topological polar surface area (TPSA) is 134 Å². The highest BCUT2D eigenvalue weighted by Crippen LogP contribution is 2.31. The minimum absolute atomic E-state index is 0.0496. The van der Waals surface area contributed by atoms with E-state index in [2.05, 4.69) is 25.9 Å². The highest BCUT2D eigenvalue weighted by molar-refractivity contribution is 6.04. The Labute approximate surface area is 189 Å². The molecule has 2 amide bonds. The molecule has 0 saturated carbocycles. The number of ether oxygens (including phenoxy) is 2. The monoisotopic (exact) mass is 449 g/mol. The van der Waals surface area contributed by atoms with E-state index >= 15 is 0 Å². The number of hydrogen-bond donors (Lipinski definition) is 4. The molecule has 1 aliphatic heterocycles. The van der Waals surface area contributed by atoms with Crippen molar-refractivity contribution in [2.45, 2.75) is 19.3 Å². The van der Waals surface area contributed by atoms with E-state index in [0.717, 1.165) is 5.56 Å². The smallest absolute Gasteiger partial charge is 0.258 e. The van der Waals surface area contributed by atoms with Gasteiger partial charge in [0.05, 0.1) is 25.7 Å². The van der Waals surface area contributed by atoms with Crippen LogP contribution in [0.2, 0.25) is 0 Å². The average molecular weight is 449 g/mol. The summed E-state index contributed by atoms with van der Waals surface area (Å²) in [5.41, 5.74) is 1.60. The van der Waals surface area contributed by atoms with Crippen molar-refractivity contribution in [1.82, 2.24) is 9.97 Å². The molecule has 0 radical (unpaired) electrons. The number of nitrogens with zero attached hydrogens (tertiary/aromatic N) is 1. The Morgan fingerprint density at radius 2 is 1.76 bits per heavy atom. The molecule has 1 aliphatic rings. The summed E-state index contributed by atoms with van der Waals surface area (Å²) in [5.74, 6) is -0.441. The number of anilines is 4. The van der Waals surface area contributed by atoms with E-state index < -0.39 is 23.3 Å². The molecule has 0 aliphatic carbocycles. The normalized spacial score (nSPS) is 14.6. The Morgan fingerprint density at radius 1 is 1.06 bits per heavy atom. The van der Waals surface area contributed by atoms with Crippen LogP contribution in [0.4, 0.5) is 23.1 Å². The third-order valence-corrected chi connectivity index (χ3v) is 5.32. The predicted octanol–water partition coefficient (Wildman–Crippen LogP) is 2.90. The van der Waals surface area contributed by atoms with Crippen LogP contribution in [-0.2, 0) is 9.59 Å². The highest BCUT2D eigenvalue weighted by atomic mass is 16.5. The van der Waals surface area contributed by atoms with Gasteiger partial charge in [-0.05, 0) is 42.8 Å². The van der Waals surface area contributed by atoms with Crippen molar-refractivity contribution >= 4 is 35.0 Å². The van der Waals surface area contributed by atoms with Crippen LogP contribution in [0, 0.1) is 6.92 Å². The molecule has 3 aromatic rings. The molecule has 4 rings (SSSR count). The fourth-order valence-electron chi connectivity index (χ4n) is 3.55. The number of carbonyl (C=O) groups is 2. The molecule has 1 atom stereocenters. The molecule has 170 valence electrons. The summed E-state index contributed by atoms with van der Waals surface area (Å²) in [4.78, 5) is 45.3. The number of aryl methyl sites for hydroxylation is 1. The average Bonchev–Trinajstić information content (AvgIpc) is 2.80. The van der Waals surface area contributed by atoms with Crippen molar-refractivity contribution in [2.24, 2.45) is 0 Å². The van der Waals surface area contributed by atoms with Crippen LogP contribution in [0.15, 0.2) is 47.3 Å². The number of amides is 2. The van der Waals surface area contributed by atoms with Gasteiger partial charge < -0.3 is 25.4 Å². The van der Waals surface area contributed by atoms with Crippen LogP contribution < -0.4 is 31.0 Å². The van der Waals surface area contributed by atoms with Crippen molar-refractivity contribution in [3.8, 4) is 11.5 Å². The zero-order valence-corrected chi connectivity index (χ0v) is 18.3. The van der Waals surface area contributed by atoms with Crippen LogP contribution in [0.25, 0.3) is 0 Å². The van der Waals surface area contributed by atoms with Gasteiger partial charge in [0.2, 0.25) is 17.8 Å². The minimum Gasteiger partial charge on any atom is -0.497 e. The van der Waals surface area contributed by atoms with Gasteiger partial charge in [-0.1, -0.05) is 6.07 Å². The van der Waals surface area contributed by atoms with E-state index in [4.69, 9.17) is 9.47 Å². The zero-order valence-electron chi connectivity index (χ0n) is 18.3. The Balaban J connectivity index is 1.62. The van der Waals surface area contributed by atoms with Gasteiger partial charge in [-0.15, -0.1) is 0 Å². The Hall–Kier alpha value is -4.34. The third-order valence-electron chi connectivity index (χ3n) is 5.32. The SMILES string of the molecule is COc1ccc(Nc2nc3c(c(=O)[nH]2)[C@H](C(=O)Nc2cc(OC)ccc2C)CC(=O)N3)cc1. The van der Waals surface area contributed by atoms with Crippen molar-refractivity contribution in [1.29, 1.82) is 0 Å². The fraction of sp³-hybridized carbons (Fsp3) is 0.217. The molecule has 33 heavy (non-hydrogen) atoms. The van der Waals surface area contributed by atoms with Crippen molar-refractivity contribution < 1.29 is 19.1 Å². The summed E-state index contributed by atoms with van der Waals surface area (Å²) in [5, 5.41) is 8.37. The lowest BCUT2D eigenvalue weighted by Gasteiger charge is -2.24. The van der Waals surface area contributed by atoms with E-state index in [0.29, 0.717) is 22.9 Å². The zero-order chi connectivity index (χ0) is 23.5. The van der Waals surface area contributed by atoms with Crippen LogP contribution >= 0.6 is 0 Å². The second-order valence-corrected chi connectivity index (χ2v) is 7.51. The Bertz CT molecular complexity index is 1270. The molecule has 4 N–H and O–H groups in total. The number of carbonyl (C=O) groups excluding carboxylic acids is 2. The molecule has 1 aromatic heterocycles. The van der Waals surface area contributed by atoms with Gasteiger partial charge in [-0.2, -0.15) is 4.98 Å². The lowest BCUT2D eigenvalue weighted by molar-refractivity contribution is -0.123.